The van der Waals surface area contributed by atoms with Crippen molar-refractivity contribution in [3.05, 3.63) is 41.9 Å². The molecular weight excluding hydrogens is 272 g/mol. The van der Waals surface area contributed by atoms with Crippen molar-refractivity contribution >= 4 is 17.7 Å². The van der Waals surface area contributed by atoms with E-state index >= 15 is 0 Å². The largest absolute Gasteiger partial charge is 0.349 e. The first kappa shape index (κ1) is 14.6. The molecular formula is C14H18N4OS. The first-order valence-corrected chi connectivity index (χ1v) is 7.77. The Morgan fingerprint density at radius 2 is 2.30 bits per heavy atom. The van der Waals surface area contributed by atoms with Crippen molar-refractivity contribution in [1.82, 2.24) is 20.1 Å². The zero-order valence-electron chi connectivity index (χ0n) is 11.8. The molecule has 6 heteroatoms. The number of hydrogen-bond donors (Lipinski definition) is 1. The van der Waals surface area contributed by atoms with Crippen LogP contribution < -0.4 is 5.32 Å². The molecule has 1 amide bonds. The summed E-state index contributed by atoms with van der Waals surface area (Å²) in [5.41, 5.74) is 1.99. The Bertz CT molecular complexity index is 582. The zero-order chi connectivity index (χ0) is 14.5. The molecule has 2 rings (SSSR count). The van der Waals surface area contributed by atoms with Crippen molar-refractivity contribution in [3.8, 4) is 5.82 Å². The summed E-state index contributed by atoms with van der Waals surface area (Å²) in [6.07, 6.45) is 5.43. The monoisotopic (exact) mass is 290 g/mol. The summed E-state index contributed by atoms with van der Waals surface area (Å²) in [4.78, 5) is 15.9. The van der Waals surface area contributed by atoms with E-state index in [1.54, 1.807) is 17.1 Å². The van der Waals surface area contributed by atoms with Crippen LogP contribution in [0.25, 0.3) is 5.82 Å². The Hall–Kier alpha value is -1.82. The van der Waals surface area contributed by atoms with Gasteiger partial charge < -0.3 is 5.32 Å². The lowest BCUT2D eigenvalue weighted by Gasteiger charge is -2.13. The van der Waals surface area contributed by atoms with Crippen LogP contribution in [0.1, 0.15) is 24.2 Å². The fourth-order valence-corrected chi connectivity index (χ4v) is 2.39. The van der Waals surface area contributed by atoms with Crippen molar-refractivity contribution in [3.63, 3.8) is 0 Å². The lowest BCUT2D eigenvalue weighted by molar-refractivity contribution is -0.119. The van der Waals surface area contributed by atoms with E-state index in [-0.39, 0.29) is 11.9 Å². The van der Waals surface area contributed by atoms with E-state index in [9.17, 15) is 4.79 Å². The number of carbonyl (C=O) groups excluding carboxylic acids is 1. The van der Waals surface area contributed by atoms with Gasteiger partial charge in [0, 0.05) is 17.5 Å². The van der Waals surface area contributed by atoms with Crippen molar-refractivity contribution in [2.24, 2.45) is 0 Å². The summed E-state index contributed by atoms with van der Waals surface area (Å²) in [6, 6.07) is 5.63. The van der Waals surface area contributed by atoms with E-state index in [1.807, 2.05) is 38.3 Å². The molecule has 0 fully saturated rings. The third kappa shape index (κ3) is 3.19. The topological polar surface area (TPSA) is 59.8 Å². The van der Waals surface area contributed by atoms with Gasteiger partial charge in [-0.2, -0.15) is 16.9 Å². The molecule has 0 saturated heterocycles. The Labute approximate surface area is 122 Å². The number of nitrogens with zero attached hydrogens (tertiary/aromatic N) is 3. The number of thioether (sulfide) groups is 1. The first-order chi connectivity index (χ1) is 9.63. The quantitative estimate of drug-likeness (QED) is 0.916. The molecule has 0 aliphatic rings. The molecule has 0 aliphatic carbocycles. The molecule has 1 atom stereocenters. The molecule has 0 aliphatic heterocycles. The van der Waals surface area contributed by atoms with E-state index in [0.717, 1.165) is 17.1 Å². The maximum atomic E-state index is 11.6. The number of amides is 1. The van der Waals surface area contributed by atoms with E-state index < -0.39 is 0 Å². The predicted octanol–water partition coefficient (Wildman–Crippen LogP) is 2.12. The molecule has 0 unspecified atom stereocenters. The molecule has 2 heterocycles. The van der Waals surface area contributed by atoms with Crippen LogP contribution in [0.4, 0.5) is 0 Å². The van der Waals surface area contributed by atoms with Crippen LogP contribution in [0.5, 0.6) is 0 Å². The average Bonchev–Trinajstić information content (AvgIpc) is 2.82. The standard InChI is InChI=1S/C14H18N4OS/c1-10(17-14(19)9-20-3)12-8-16-18(11(12)2)13-6-4-5-7-15-13/h4-8,10H,9H2,1-3H3,(H,17,19)/t10-/m0/s1. The molecule has 0 saturated carbocycles. The van der Waals surface area contributed by atoms with Gasteiger partial charge in [0.2, 0.25) is 5.91 Å². The number of nitrogens with one attached hydrogen (secondary N) is 1. The van der Waals surface area contributed by atoms with Crippen molar-refractivity contribution < 1.29 is 4.79 Å². The van der Waals surface area contributed by atoms with Gasteiger partial charge in [0.15, 0.2) is 5.82 Å². The van der Waals surface area contributed by atoms with Crippen LogP contribution in [-0.2, 0) is 4.79 Å². The number of rotatable bonds is 5. The third-order valence-corrected chi connectivity index (χ3v) is 3.58. The summed E-state index contributed by atoms with van der Waals surface area (Å²) < 4.78 is 1.78. The van der Waals surface area contributed by atoms with Gasteiger partial charge in [0.1, 0.15) is 0 Å². The summed E-state index contributed by atoms with van der Waals surface area (Å²) in [5, 5.41) is 7.33. The predicted molar refractivity (Wildman–Crippen MR) is 81.0 cm³/mol. The zero-order valence-corrected chi connectivity index (χ0v) is 12.6. The second kappa shape index (κ2) is 6.56. The van der Waals surface area contributed by atoms with Crippen molar-refractivity contribution in [2.75, 3.05) is 12.0 Å². The molecule has 106 valence electrons. The minimum Gasteiger partial charge on any atom is -0.349 e. The highest BCUT2D eigenvalue weighted by molar-refractivity contribution is 7.99. The first-order valence-electron chi connectivity index (χ1n) is 6.37. The molecule has 2 aromatic heterocycles. The number of hydrogen-bond acceptors (Lipinski definition) is 4. The fraction of sp³-hybridized carbons (Fsp3) is 0.357. The molecule has 20 heavy (non-hydrogen) atoms. The fourth-order valence-electron chi connectivity index (χ4n) is 2.05. The van der Waals surface area contributed by atoms with Gasteiger partial charge in [0.05, 0.1) is 18.0 Å². The van der Waals surface area contributed by atoms with Crippen LogP contribution in [-0.4, -0.2) is 32.7 Å². The molecule has 1 N–H and O–H groups in total. The SMILES string of the molecule is CSCC(=O)N[C@@H](C)c1cnn(-c2ccccn2)c1C. The van der Waals surface area contributed by atoms with Crippen molar-refractivity contribution in [1.29, 1.82) is 0 Å². The lowest BCUT2D eigenvalue weighted by atomic mass is 10.1. The molecule has 2 aromatic rings. The minimum atomic E-state index is -0.0629. The molecule has 0 radical (unpaired) electrons. The normalized spacial score (nSPS) is 12.2. The number of aromatic nitrogens is 3. The van der Waals surface area contributed by atoms with E-state index in [2.05, 4.69) is 15.4 Å². The second-order valence-corrected chi connectivity index (χ2v) is 5.37. The van der Waals surface area contributed by atoms with Crippen LogP contribution in [0, 0.1) is 6.92 Å². The Kier molecular flexibility index (Phi) is 4.79. The Balaban J connectivity index is 2.19. The van der Waals surface area contributed by atoms with E-state index in [4.69, 9.17) is 0 Å². The third-order valence-electron chi connectivity index (χ3n) is 3.03. The van der Waals surface area contributed by atoms with Gasteiger partial charge in [0.25, 0.3) is 0 Å². The maximum absolute atomic E-state index is 11.6. The molecule has 0 bridgehead atoms. The molecule has 5 nitrogen and oxygen atoms in total. The highest BCUT2D eigenvalue weighted by atomic mass is 32.2. The Morgan fingerprint density at radius 3 is 2.95 bits per heavy atom. The summed E-state index contributed by atoms with van der Waals surface area (Å²) in [5.74, 6) is 1.28. The van der Waals surface area contributed by atoms with Gasteiger partial charge in [-0.15, -0.1) is 0 Å². The average molecular weight is 290 g/mol. The summed E-state index contributed by atoms with van der Waals surface area (Å²) in [7, 11) is 0. The van der Waals surface area contributed by atoms with Crippen LogP contribution >= 0.6 is 11.8 Å². The van der Waals surface area contributed by atoms with Gasteiger partial charge >= 0.3 is 0 Å². The molecule has 0 aromatic carbocycles. The second-order valence-electron chi connectivity index (χ2n) is 4.51. The van der Waals surface area contributed by atoms with Crippen LogP contribution in [0.2, 0.25) is 0 Å². The van der Waals surface area contributed by atoms with Gasteiger partial charge in [-0.05, 0) is 32.2 Å². The number of pyridine rings is 1. The highest BCUT2D eigenvalue weighted by Crippen LogP contribution is 2.19. The Morgan fingerprint density at radius 1 is 1.50 bits per heavy atom. The van der Waals surface area contributed by atoms with Crippen LogP contribution in [0.15, 0.2) is 30.6 Å². The lowest BCUT2D eigenvalue weighted by Crippen LogP contribution is -2.28. The number of carbonyl (C=O) groups is 1. The van der Waals surface area contributed by atoms with Gasteiger partial charge in [-0.25, -0.2) is 9.67 Å². The van der Waals surface area contributed by atoms with Gasteiger partial charge in [-0.1, -0.05) is 6.07 Å². The summed E-state index contributed by atoms with van der Waals surface area (Å²) in [6.45, 7) is 3.94. The highest BCUT2D eigenvalue weighted by Gasteiger charge is 2.16. The maximum Gasteiger partial charge on any atom is 0.230 e. The summed E-state index contributed by atoms with van der Waals surface area (Å²) >= 11 is 1.51. The van der Waals surface area contributed by atoms with E-state index in [0.29, 0.717) is 5.75 Å². The van der Waals surface area contributed by atoms with Crippen molar-refractivity contribution in [2.45, 2.75) is 19.9 Å². The molecule has 0 spiro atoms. The van der Waals surface area contributed by atoms with E-state index in [1.165, 1.54) is 11.8 Å². The smallest absolute Gasteiger partial charge is 0.230 e. The van der Waals surface area contributed by atoms with Crippen LogP contribution in [0.3, 0.4) is 0 Å². The van der Waals surface area contributed by atoms with Gasteiger partial charge in [-0.3, -0.25) is 4.79 Å². The minimum absolute atomic E-state index is 0.0370.